The highest BCUT2D eigenvalue weighted by molar-refractivity contribution is 7.85. The first-order chi connectivity index (χ1) is 9.47. The van der Waals surface area contributed by atoms with E-state index in [1.54, 1.807) is 18.2 Å². The maximum Gasteiger partial charge on any atom is 0.132 e. The predicted octanol–water partition coefficient (Wildman–Crippen LogP) is 2.18. The van der Waals surface area contributed by atoms with Crippen molar-refractivity contribution in [2.75, 3.05) is 5.43 Å². The topological polar surface area (TPSA) is 81.6 Å². The summed E-state index contributed by atoms with van der Waals surface area (Å²) < 4.78 is 45.5. The summed E-state index contributed by atoms with van der Waals surface area (Å²) >= 11 is 0. The molecule has 5 nitrogen and oxygen atoms in total. The van der Waals surface area contributed by atoms with Gasteiger partial charge in [0.1, 0.15) is 15.9 Å². The molecule has 2 rings (SSSR count). The largest absolute Gasteiger partial charge is 0.744 e. The molecule has 0 atom stereocenters. The Balaban J connectivity index is 2.07. The minimum absolute atomic E-state index is 0.318. The Morgan fingerprint density at radius 3 is 2.35 bits per heavy atom. The van der Waals surface area contributed by atoms with Gasteiger partial charge in [0.15, 0.2) is 0 Å². The summed E-state index contributed by atoms with van der Waals surface area (Å²) in [6.45, 7) is 0. The molecule has 0 fully saturated rings. The van der Waals surface area contributed by atoms with E-state index in [9.17, 15) is 17.4 Å². The lowest BCUT2D eigenvalue weighted by molar-refractivity contribution is 0.463. The van der Waals surface area contributed by atoms with Crippen LogP contribution in [0.1, 0.15) is 5.56 Å². The van der Waals surface area contributed by atoms with Crippen molar-refractivity contribution in [1.82, 2.24) is 0 Å². The first kappa shape index (κ1) is 14.2. The zero-order valence-electron chi connectivity index (χ0n) is 10.2. The fourth-order valence-corrected chi connectivity index (χ4v) is 1.92. The highest BCUT2D eigenvalue weighted by Gasteiger charge is 2.00. The highest BCUT2D eigenvalue weighted by Crippen LogP contribution is 2.13. The third-order valence-corrected chi connectivity index (χ3v) is 3.30. The van der Waals surface area contributed by atoms with E-state index in [1.807, 2.05) is 0 Å². The van der Waals surface area contributed by atoms with Crippen molar-refractivity contribution in [2.24, 2.45) is 5.10 Å². The smallest absolute Gasteiger partial charge is 0.132 e. The Morgan fingerprint density at radius 2 is 1.75 bits per heavy atom. The molecule has 0 unspecified atom stereocenters. The second-order valence-electron chi connectivity index (χ2n) is 3.87. The summed E-state index contributed by atoms with van der Waals surface area (Å²) in [4.78, 5) is -0.318. The van der Waals surface area contributed by atoms with Crippen LogP contribution < -0.4 is 5.43 Å². The van der Waals surface area contributed by atoms with Gasteiger partial charge in [-0.3, -0.25) is 5.43 Å². The Kier molecular flexibility index (Phi) is 4.11. The van der Waals surface area contributed by atoms with Crippen LogP contribution in [0.15, 0.2) is 58.5 Å². The Hall–Kier alpha value is -2.25. The quantitative estimate of drug-likeness (QED) is 0.532. The summed E-state index contributed by atoms with van der Waals surface area (Å²) in [6, 6.07) is 11.3. The van der Waals surface area contributed by atoms with Crippen LogP contribution in [0.2, 0.25) is 0 Å². The molecule has 0 aliphatic heterocycles. The second kappa shape index (κ2) is 5.81. The number of hydrazone groups is 1. The van der Waals surface area contributed by atoms with Crippen molar-refractivity contribution in [3.63, 3.8) is 0 Å². The number of rotatable bonds is 4. The molecular weight excluding hydrogens is 283 g/mol. The van der Waals surface area contributed by atoms with Crippen LogP contribution in [0.4, 0.5) is 10.1 Å². The Labute approximate surface area is 115 Å². The fraction of sp³-hybridized carbons (Fsp3) is 0. The number of benzene rings is 2. The van der Waals surface area contributed by atoms with Crippen LogP contribution in [0.3, 0.4) is 0 Å². The molecule has 0 saturated heterocycles. The van der Waals surface area contributed by atoms with Crippen molar-refractivity contribution < 1.29 is 17.4 Å². The van der Waals surface area contributed by atoms with E-state index < -0.39 is 15.9 Å². The molecule has 0 amide bonds. The van der Waals surface area contributed by atoms with Crippen LogP contribution in [-0.4, -0.2) is 19.2 Å². The molecule has 0 saturated carbocycles. The lowest BCUT2D eigenvalue weighted by atomic mass is 10.2. The van der Waals surface area contributed by atoms with Crippen molar-refractivity contribution in [3.05, 3.63) is 59.9 Å². The van der Waals surface area contributed by atoms with E-state index in [1.165, 1.54) is 36.5 Å². The lowest BCUT2D eigenvalue weighted by Gasteiger charge is -2.07. The average molecular weight is 293 g/mol. The van der Waals surface area contributed by atoms with Gasteiger partial charge in [0.2, 0.25) is 0 Å². The summed E-state index contributed by atoms with van der Waals surface area (Å²) in [7, 11) is -4.45. The molecule has 1 N–H and O–H groups in total. The molecule has 0 spiro atoms. The van der Waals surface area contributed by atoms with Crippen LogP contribution in [-0.2, 0) is 10.1 Å². The fourth-order valence-electron chi connectivity index (χ4n) is 1.45. The zero-order valence-corrected chi connectivity index (χ0v) is 11.0. The third-order valence-electron chi connectivity index (χ3n) is 2.45. The van der Waals surface area contributed by atoms with E-state index in [4.69, 9.17) is 0 Å². The van der Waals surface area contributed by atoms with Crippen LogP contribution in [0, 0.1) is 5.82 Å². The predicted molar refractivity (Wildman–Crippen MR) is 72.0 cm³/mol. The minimum atomic E-state index is -4.45. The molecule has 0 aliphatic carbocycles. The monoisotopic (exact) mass is 293 g/mol. The van der Waals surface area contributed by atoms with Gasteiger partial charge in [0.25, 0.3) is 0 Å². The van der Waals surface area contributed by atoms with E-state index in [0.29, 0.717) is 11.3 Å². The van der Waals surface area contributed by atoms with Crippen LogP contribution in [0.25, 0.3) is 0 Å². The number of nitrogens with one attached hydrogen (secondary N) is 1. The van der Waals surface area contributed by atoms with Gasteiger partial charge in [-0.15, -0.1) is 0 Å². The van der Waals surface area contributed by atoms with Crippen molar-refractivity contribution in [3.8, 4) is 0 Å². The molecule has 104 valence electrons. The first-order valence-corrected chi connectivity index (χ1v) is 6.97. The van der Waals surface area contributed by atoms with Crippen LogP contribution in [0.5, 0.6) is 0 Å². The van der Waals surface area contributed by atoms with Gasteiger partial charge < -0.3 is 4.55 Å². The third kappa shape index (κ3) is 3.62. The standard InChI is InChI=1S/C13H11FN2O3S/c14-13-4-2-1-3-10(13)9-15-16-11-5-7-12(8-6-11)20(17,18)19/h1-9,16H,(H,17,18,19)/p-1. The lowest BCUT2D eigenvalue weighted by Crippen LogP contribution is -1.98. The molecule has 0 radical (unpaired) electrons. The van der Waals surface area contributed by atoms with Gasteiger partial charge in [0, 0.05) is 5.56 Å². The van der Waals surface area contributed by atoms with Gasteiger partial charge >= 0.3 is 0 Å². The molecule has 0 heterocycles. The normalized spacial score (nSPS) is 11.7. The van der Waals surface area contributed by atoms with Gasteiger partial charge in [-0.25, -0.2) is 12.8 Å². The molecule has 0 aliphatic rings. The average Bonchev–Trinajstić information content (AvgIpc) is 2.40. The number of nitrogens with zero attached hydrogens (tertiary/aromatic N) is 1. The van der Waals surface area contributed by atoms with E-state index >= 15 is 0 Å². The van der Waals surface area contributed by atoms with Crippen LogP contribution >= 0.6 is 0 Å². The summed E-state index contributed by atoms with van der Waals surface area (Å²) in [6.07, 6.45) is 1.30. The highest BCUT2D eigenvalue weighted by atomic mass is 32.2. The Morgan fingerprint density at radius 1 is 1.10 bits per heavy atom. The van der Waals surface area contributed by atoms with E-state index in [-0.39, 0.29) is 4.90 Å². The van der Waals surface area contributed by atoms with Gasteiger partial charge in [-0.1, -0.05) is 18.2 Å². The summed E-state index contributed by atoms with van der Waals surface area (Å²) in [5.74, 6) is -0.397. The number of hydrogen-bond donors (Lipinski definition) is 1. The second-order valence-corrected chi connectivity index (χ2v) is 5.25. The first-order valence-electron chi connectivity index (χ1n) is 5.56. The molecule has 20 heavy (non-hydrogen) atoms. The van der Waals surface area contributed by atoms with E-state index in [0.717, 1.165) is 0 Å². The molecule has 2 aromatic rings. The maximum absolute atomic E-state index is 13.3. The molecule has 0 bridgehead atoms. The van der Waals surface area contributed by atoms with Gasteiger partial charge in [-0.05, 0) is 30.3 Å². The van der Waals surface area contributed by atoms with E-state index in [2.05, 4.69) is 10.5 Å². The summed E-state index contributed by atoms with van der Waals surface area (Å²) in [5.41, 5.74) is 3.40. The minimum Gasteiger partial charge on any atom is -0.744 e. The summed E-state index contributed by atoms with van der Waals surface area (Å²) in [5, 5.41) is 3.82. The van der Waals surface area contributed by atoms with Gasteiger partial charge in [0.05, 0.1) is 16.8 Å². The van der Waals surface area contributed by atoms with Crippen molar-refractivity contribution >= 4 is 22.0 Å². The molecule has 0 aromatic heterocycles. The SMILES string of the molecule is O=S(=O)([O-])c1ccc(NN=Cc2ccccc2F)cc1. The number of halogens is 1. The maximum atomic E-state index is 13.3. The Bertz CT molecular complexity index is 728. The zero-order chi connectivity index (χ0) is 14.6. The van der Waals surface area contributed by atoms with Crippen molar-refractivity contribution in [1.29, 1.82) is 0 Å². The van der Waals surface area contributed by atoms with Crippen molar-refractivity contribution in [2.45, 2.75) is 4.90 Å². The number of hydrogen-bond acceptors (Lipinski definition) is 5. The molecular formula is C13H10FN2O3S-. The molecule has 2 aromatic carbocycles. The molecule has 7 heteroatoms. The number of anilines is 1. The van der Waals surface area contributed by atoms with Gasteiger partial charge in [-0.2, -0.15) is 5.10 Å².